The van der Waals surface area contributed by atoms with Crippen LogP contribution in [-0.2, 0) is 30.3 Å². The predicted molar refractivity (Wildman–Crippen MR) is 136 cm³/mol. The quantitative estimate of drug-likeness (QED) is 0.135. The molecule has 17 heteroatoms. The van der Waals surface area contributed by atoms with Crippen LogP contribution in [0.4, 0.5) is 22.0 Å². The van der Waals surface area contributed by atoms with Crippen molar-refractivity contribution in [2.45, 2.75) is 50.6 Å². The fourth-order valence-electron chi connectivity index (χ4n) is 4.68. The summed E-state index contributed by atoms with van der Waals surface area (Å²) in [4.78, 5) is 56.4. The minimum absolute atomic E-state index is 0.0131. The Bertz CT molecular complexity index is 1450. The molecule has 1 aromatic carbocycles. The van der Waals surface area contributed by atoms with Crippen molar-refractivity contribution >= 4 is 23.7 Å². The number of halogens is 5. The van der Waals surface area contributed by atoms with E-state index in [2.05, 4.69) is 20.9 Å². The summed E-state index contributed by atoms with van der Waals surface area (Å²) in [5.74, 6) is -18.6. The van der Waals surface area contributed by atoms with Gasteiger partial charge < -0.3 is 35.6 Å². The second-order valence-electron chi connectivity index (χ2n) is 10.4. The van der Waals surface area contributed by atoms with Gasteiger partial charge in [0.2, 0.25) is 11.7 Å². The maximum Gasteiger partial charge on any atom is 0.312 e. The minimum Gasteiger partial charge on any atom is -0.505 e. The fraction of sp³-hybridized carbons (Fsp3) is 0.444. The first-order valence-corrected chi connectivity index (χ1v) is 13.2. The molecule has 2 fully saturated rings. The molecule has 6 unspecified atom stereocenters. The molecule has 3 amide bonds. The first kappa shape index (κ1) is 32.5. The van der Waals surface area contributed by atoms with Crippen LogP contribution >= 0.6 is 0 Å². The third-order valence-corrected chi connectivity index (χ3v) is 7.38. The van der Waals surface area contributed by atoms with Gasteiger partial charge in [0.1, 0.15) is 11.8 Å². The lowest BCUT2D eigenvalue weighted by Crippen LogP contribution is -2.63. The average molecular weight is 631 g/mol. The number of benzene rings is 1. The van der Waals surface area contributed by atoms with E-state index in [4.69, 9.17) is 9.47 Å². The molecule has 4 rings (SSSR count). The number of hydrogen-bond acceptors (Lipinski definition) is 9. The highest BCUT2D eigenvalue weighted by Gasteiger charge is 2.43. The zero-order valence-electron chi connectivity index (χ0n) is 23.1. The molecule has 44 heavy (non-hydrogen) atoms. The molecule has 3 heterocycles. The molecular formula is C27H27F5N4O8. The van der Waals surface area contributed by atoms with Gasteiger partial charge in [0.25, 0.3) is 11.8 Å². The van der Waals surface area contributed by atoms with Gasteiger partial charge >= 0.3 is 5.97 Å². The Morgan fingerprint density at radius 1 is 1.00 bits per heavy atom. The Hall–Kier alpha value is -4.38. The van der Waals surface area contributed by atoms with Crippen LogP contribution in [-0.4, -0.2) is 82.4 Å². The van der Waals surface area contributed by atoms with Gasteiger partial charge in [0, 0.05) is 18.2 Å². The highest BCUT2D eigenvalue weighted by atomic mass is 19.2. The van der Waals surface area contributed by atoms with Crippen LogP contribution in [0.2, 0.25) is 0 Å². The lowest BCUT2D eigenvalue weighted by atomic mass is 9.91. The summed E-state index contributed by atoms with van der Waals surface area (Å²) >= 11 is 0. The fourth-order valence-corrected chi connectivity index (χ4v) is 4.68. The van der Waals surface area contributed by atoms with Crippen LogP contribution in [0.3, 0.4) is 0 Å². The van der Waals surface area contributed by atoms with Crippen molar-refractivity contribution in [3.63, 3.8) is 0 Å². The summed E-state index contributed by atoms with van der Waals surface area (Å²) in [6.07, 6.45) is -3.61. The van der Waals surface area contributed by atoms with E-state index in [9.17, 15) is 51.3 Å². The molecule has 1 aromatic heterocycles. The Morgan fingerprint density at radius 2 is 1.61 bits per heavy atom. The largest absolute Gasteiger partial charge is 0.505 e. The van der Waals surface area contributed by atoms with Crippen LogP contribution in [0.5, 0.6) is 5.75 Å². The number of aromatic hydroxyl groups is 1. The smallest absolute Gasteiger partial charge is 0.312 e. The third kappa shape index (κ3) is 6.42. The lowest BCUT2D eigenvalue weighted by molar-refractivity contribution is -0.178. The first-order chi connectivity index (χ1) is 20.7. The number of hydrogen-bond donors (Lipinski definition) is 5. The normalized spacial score (nSPS) is 26.8. The summed E-state index contributed by atoms with van der Waals surface area (Å²) < 4.78 is 81.2. The zero-order chi connectivity index (χ0) is 32.5. The number of cyclic esters (lactones) is 1. The SMILES string of the molecule is CC1NC(=O)C(C2COC2)OC(=O)C(C)C(O)C(Cc2c(F)c(F)c(F)c(F)c2F)NC(=O)C1NC(=O)c1ncccc1O. The van der Waals surface area contributed by atoms with Crippen molar-refractivity contribution in [2.75, 3.05) is 13.2 Å². The van der Waals surface area contributed by atoms with Crippen molar-refractivity contribution in [2.24, 2.45) is 11.8 Å². The molecule has 5 N–H and O–H groups in total. The van der Waals surface area contributed by atoms with E-state index >= 15 is 0 Å². The van der Waals surface area contributed by atoms with Crippen molar-refractivity contribution < 1.29 is 60.8 Å². The Balaban J connectivity index is 1.75. The van der Waals surface area contributed by atoms with Crippen LogP contribution in [0.1, 0.15) is 29.9 Å². The number of carbonyl (C=O) groups excluding carboxylic acids is 4. The third-order valence-electron chi connectivity index (χ3n) is 7.38. The number of esters is 1. The van der Waals surface area contributed by atoms with Crippen LogP contribution in [0.15, 0.2) is 18.3 Å². The molecule has 0 radical (unpaired) electrons. The van der Waals surface area contributed by atoms with Gasteiger partial charge in [-0.15, -0.1) is 0 Å². The van der Waals surface area contributed by atoms with Gasteiger partial charge in [-0.1, -0.05) is 0 Å². The van der Waals surface area contributed by atoms with Gasteiger partial charge in [-0.05, 0) is 26.0 Å². The molecule has 238 valence electrons. The molecule has 0 spiro atoms. The van der Waals surface area contributed by atoms with Gasteiger partial charge in [-0.2, -0.15) is 0 Å². The van der Waals surface area contributed by atoms with Gasteiger partial charge in [0.15, 0.2) is 35.1 Å². The zero-order valence-corrected chi connectivity index (χ0v) is 23.1. The molecule has 2 aromatic rings. The second-order valence-corrected chi connectivity index (χ2v) is 10.4. The molecule has 12 nitrogen and oxygen atoms in total. The molecule has 0 saturated carbocycles. The monoisotopic (exact) mass is 630 g/mol. The summed E-state index contributed by atoms with van der Waals surface area (Å²) in [5.41, 5.74) is -1.92. The molecule has 2 aliphatic heterocycles. The standard InChI is InChI=1S/C27H27F5N4O8/c1-9-22(38)13(6-12-15(28)17(30)19(32)18(31)16(12)29)35-24(39)20(36-25(40)21-14(37)4-3-5-33-21)10(2)34-26(41)23(44-27(9)42)11-7-43-8-11/h3-5,9-11,13,20,22-23,37-38H,6-8H2,1-2H3,(H,34,41)(H,35,39)(H,36,40). The summed E-state index contributed by atoms with van der Waals surface area (Å²) in [6.45, 7) is 2.38. The topological polar surface area (TPSA) is 176 Å². The number of amides is 3. The Labute approximate surface area is 245 Å². The molecule has 2 aliphatic rings. The van der Waals surface area contributed by atoms with Crippen LogP contribution in [0.25, 0.3) is 0 Å². The summed E-state index contributed by atoms with van der Waals surface area (Å²) in [6, 6.07) is -2.53. The van der Waals surface area contributed by atoms with Crippen LogP contribution < -0.4 is 16.0 Å². The maximum absolute atomic E-state index is 14.6. The van der Waals surface area contributed by atoms with E-state index in [-0.39, 0.29) is 13.2 Å². The second kappa shape index (κ2) is 13.1. The number of rotatable bonds is 5. The van der Waals surface area contributed by atoms with Crippen molar-refractivity contribution in [1.29, 1.82) is 0 Å². The highest BCUT2D eigenvalue weighted by Crippen LogP contribution is 2.27. The molecule has 2 saturated heterocycles. The highest BCUT2D eigenvalue weighted by molar-refractivity contribution is 5.98. The molecule has 0 aliphatic carbocycles. The summed E-state index contributed by atoms with van der Waals surface area (Å²) in [5, 5.41) is 28.0. The van der Waals surface area contributed by atoms with Gasteiger partial charge in [-0.3, -0.25) is 19.2 Å². The van der Waals surface area contributed by atoms with E-state index in [0.717, 1.165) is 13.0 Å². The molecular weight excluding hydrogens is 603 g/mol. The number of pyridine rings is 1. The number of aliphatic hydroxyl groups excluding tert-OH is 1. The number of carbonyl (C=O) groups is 4. The minimum atomic E-state index is -2.43. The number of aromatic nitrogens is 1. The van der Waals surface area contributed by atoms with Crippen LogP contribution in [0, 0.1) is 40.9 Å². The molecule has 6 atom stereocenters. The van der Waals surface area contributed by atoms with Gasteiger partial charge in [-0.25, -0.2) is 26.9 Å². The number of aliphatic hydroxyl groups is 1. The van der Waals surface area contributed by atoms with E-state index in [1.807, 2.05) is 0 Å². The molecule has 0 bridgehead atoms. The Morgan fingerprint density at radius 3 is 2.18 bits per heavy atom. The maximum atomic E-state index is 14.6. The summed E-state index contributed by atoms with van der Waals surface area (Å²) in [7, 11) is 0. The van der Waals surface area contributed by atoms with E-state index in [1.54, 1.807) is 0 Å². The number of ether oxygens (including phenoxy) is 2. The first-order valence-electron chi connectivity index (χ1n) is 13.2. The predicted octanol–water partition coefficient (Wildman–Crippen LogP) is 0.382. The van der Waals surface area contributed by atoms with E-state index in [1.165, 1.54) is 19.2 Å². The number of nitrogens with zero attached hydrogens (tertiary/aromatic N) is 1. The lowest BCUT2D eigenvalue weighted by Gasteiger charge is -2.36. The Kier molecular flexibility index (Phi) is 9.68. The van der Waals surface area contributed by atoms with E-state index < -0.39 is 118 Å². The number of nitrogens with one attached hydrogen (secondary N) is 3. The van der Waals surface area contributed by atoms with E-state index in [0.29, 0.717) is 0 Å². The van der Waals surface area contributed by atoms with Crippen molar-refractivity contribution in [1.82, 2.24) is 20.9 Å². The average Bonchev–Trinajstić information content (AvgIpc) is 2.96. The van der Waals surface area contributed by atoms with Crippen molar-refractivity contribution in [3.8, 4) is 5.75 Å². The van der Waals surface area contributed by atoms with Gasteiger partial charge in [0.05, 0.1) is 43.2 Å². The van der Waals surface area contributed by atoms with Crippen molar-refractivity contribution in [3.05, 3.63) is 58.7 Å².